The monoisotopic (exact) mass is 344 g/mol. The van der Waals surface area contributed by atoms with E-state index in [9.17, 15) is 9.90 Å². The number of anilines is 1. The average molecular weight is 344 g/mol. The first-order valence-corrected chi connectivity index (χ1v) is 9.18. The highest BCUT2D eigenvalue weighted by molar-refractivity contribution is 6.12. The van der Waals surface area contributed by atoms with Crippen LogP contribution in [0.1, 0.15) is 61.1 Å². The summed E-state index contributed by atoms with van der Waals surface area (Å²) in [4.78, 5) is 14.6. The maximum absolute atomic E-state index is 12.7. The van der Waals surface area contributed by atoms with Crippen molar-refractivity contribution in [3.63, 3.8) is 0 Å². The molecule has 0 bridgehead atoms. The summed E-state index contributed by atoms with van der Waals surface area (Å²) >= 11 is 0. The van der Waals surface area contributed by atoms with Crippen LogP contribution in [-0.2, 0) is 4.74 Å². The number of ether oxygens (including phenoxy) is 1. The quantitative estimate of drug-likeness (QED) is 0.835. The molecule has 25 heavy (non-hydrogen) atoms. The zero-order valence-corrected chi connectivity index (χ0v) is 15.6. The summed E-state index contributed by atoms with van der Waals surface area (Å²) < 4.78 is 7.64. The molecule has 0 spiro atoms. The van der Waals surface area contributed by atoms with Crippen LogP contribution < -0.4 is 4.90 Å². The molecule has 0 saturated heterocycles. The van der Waals surface area contributed by atoms with E-state index < -0.39 is 0 Å². The summed E-state index contributed by atoms with van der Waals surface area (Å²) in [5, 5.41) is 11.2. The first kappa shape index (κ1) is 17.6. The van der Waals surface area contributed by atoms with E-state index in [0.717, 1.165) is 29.4 Å². The van der Waals surface area contributed by atoms with Crippen molar-refractivity contribution >= 4 is 22.6 Å². The molecule has 5 heteroatoms. The minimum absolute atomic E-state index is 0.184. The Balaban J connectivity index is 2.32. The third-order valence-electron chi connectivity index (χ3n) is 5.23. The lowest BCUT2D eigenvalue weighted by Crippen LogP contribution is -2.15. The average Bonchev–Trinajstić information content (AvgIpc) is 2.87. The van der Waals surface area contributed by atoms with Crippen molar-refractivity contribution in [3.05, 3.63) is 23.4 Å². The largest absolute Gasteiger partial charge is 0.506 e. The van der Waals surface area contributed by atoms with Gasteiger partial charge in [0.2, 0.25) is 0 Å². The van der Waals surface area contributed by atoms with E-state index in [2.05, 4.69) is 4.57 Å². The first-order chi connectivity index (χ1) is 12.0. The number of phenolic OH excluding ortho intramolecular Hbond substituents is 1. The Morgan fingerprint density at radius 3 is 2.56 bits per heavy atom. The number of nitrogens with zero attached hydrogens (tertiary/aromatic N) is 2. The van der Waals surface area contributed by atoms with Crippen LogP contribution >= 0.6 is 0 Å². The predicted octanol–water partition coefficient (Wildman–Crippen LogP) is 4.40. The van der Waals surface area contributed by atoms with E-state index in [0.29, 0.717) is 23.9 Å². The number of carbonyl (C=O) groups is 1. The molecular formula is C20H28N2O3. The van der Waals surface area contributed by atoms with E-state index in [4.69, 9.17) is 4.74 Å². The molecule has 1 aliphatic carbocycles. The van der Waals surface area contributed by atoms with Crippen molar-refractivity contribution in [2.24, 2.45) is 0 Å². The van der Waals surface area contributed by atoms with Gasteiger partial charge in [0.1, 0.15) is 5.75 Å². The van der Waals surface area contributed by atoms with Crippen molar-refractivity contribution in [2.45, 2.75) is 52.0 Å². The number of fused-ring (bicyclic) bond motifs is 1. The van der Waals surface area contributed by atoms with Crippen LogP contribution in [0.15, 0.2) is 12.1 Å². The van der Waals surface area contributed by atoms with Crippen LogP contribution in [0.5, 0.6) is 5.75 Å². The Morgan fingerprint density at radius 1 is 1.28 bits per heavy atom. The lowest BCUT2D eigenvalue weighted by atomic mass is 9.95. The number of rotatable bonds is 4. The van der Waals surface area contributed by atoms with Crippen molar-refractivity contribution in [2.75, 3.05) is 25.6 Å². The Kier molecular flexibility index (Phi) is 4.93. The number of esters is 1. The van der Waals surface area contributed by atoms with Gasteiger partial charge in [0.25, 0.3) is 0 Å². The number of carbonyl (C=O) groups excluding carboxylic acids is 1. The van der Waals surface area contributed by atoms with Gasteiger partial charge in [-0.15, -0.1) is 0 Å². The minimum Gasteiger partial charge on any atom is -0.506 e. The molecule has 2 aromatic rings. The van der Waals surface area contributed by atoms with E-state index >= 15 is 0 Å². The third kappa shape index (κ3) is 2.96. The Morgan fingerprint density at radius 2 is 1.96 bits per heavy atom. The van der Waals surface area contributed by atoms with Crippen molar-refractivity contribution < 1.29 is 14.6 Å². The predicted molar refractivity (Wildman–Crippen MR) is 101 cm³/mol. The normalized spacial score (nSPS) is 15.5. The lowest BCUT2D eigenvalue weighted by molar-refractivity contribution is 0.0527. The number of aromatic nitrogens is 1. The molecule has 0 aliphatic heterocycles. The van der Waals surface area contributed by atoms with Crippen LogP contribution in [-0.4, -0.2) is 36.3 Å². The minimum atomic E-state index is -0.312. The highest BCUT2D eigenvalue weighted by Crippen LogP contribution is 2.43. The molecule has 1 aliphatic rings. The second-order valence-corrected chi connectivity index (χ2v) is 7.06. The molecule has 1 heterocycles. The van der Waals surface area contributed by atoms with Crippen LogP contribution in [0.4, 0.5) is 5.69 Å². The van der Waals surface area contributed by atoms with Gasteiger partial charge in [-0.05, 0) is 38.8 Å². The molecule has 0 amide bonds. The molecular weight excluding hydrogens is 316 g/mol. The molecule has 3 rings (SSSR count). The van der Waals surface area contributed by atoms with Crippen molar-refractivity contribution in [1.82, 2.24) is 4.57 Å². The lowest BCUT2D eigenvalue weighted by Gasteiger charge is -2.26. The van der Waals surface area contributed by atoms with Crippen molar-refractivity contribution in [3.8, 4) is 5.75 Å². The fourth-order valence-electron chi connectivity index (χ4n) is 4.21. The summed E-state index contributed by atoms with van der Waals surface area (Å²) in [6, 6.07) is 4.06. The molecule has 5 nitrogen and oxygen atoms in total. The van der Waals surface area contributed by atoms with Gasteiger partial charge < -0.3 is 19.3 Å². The van der Waals surface area contributed by atoms with E-state index in [1.54, 1.807) is 6.07 Å². The Labute approximate surface area is 149 Å². The van der Waals surface area contributed by atoms with Crippen LogP contribution in [0.2, 0.25) is 0 Å². The van der Waals surface area contributed by atoms with Gasteiger partial charge in [0.15, 0.2) is 0 Å². The number of hydrogen-bond donors (Lipinski definition) is 1. The fourth-order valence-corrected chi connectivity index (χ4v) is 4.21. The highest BCUT2D eigenvalue weighted by atomic mass is 16.5. The molecule has 136 valence electrons. The van der Waals surface area contributed by atoms with Crippen LogP contribution in [0, 0.1) is 6.92 Å². The molecule has 1 aromatic heterocycles. The summed E-state index contributed by atoms with van der Waals surface area (Å²) in [6.07, 6.45) is 5.98. The van der Waals surface area contributed by atoms with Gasteiger partial charge >= 0.3 is 5.97 Å². The van der Waals surface area contributed by atoms with Gasteiger partial charge in [-0.25, -0.2) is 4.79 Å². The molecule has 1 fully saturated rings. The topological polar surface area (TPSA) is 54.7 Å². The number of benzene rings is 1. The van der Waals surface area contributed by atoms with Gasteiger partial charge in [0.05, 0.1) is 23.4 Å². The molecule has 0 atom stereocenters. The summed E-state index contributed by atoms with van der Waals surface area (Å²) in [5.41, 5.74) is 3.21. The second-order valence-electron chi connectivity index (χ2n) is 7.06. The summed E-state index contributed by atoms with van der Waals surface area (Å²) in [5.74, 6) is -0.128. The van der Waals surface area contributed by atoms with Crippen LogP contribution in [0.3, 0.4) is 0 Å². The number of hydrogen-bond acceptors (Lipinski definition) is 4. The van der Waals surface area contributed by atoms with Crippen LogP contribution in [0.25, 0.3) is 10.9 Å². The number of aromatic hydroxyl groups is 1. The summed E-state index contributed by atoms with van der Waals surface area (Å²) in [7, 11) is 3.77. The fraction of sp³-hybridized carbons (Fsp3) is 0.550. The van der Waals surface area contributed by atoms with Gasteiger partial charge in [-0.3, -0.25) is 0 Å². The highest BCUT2D eigenvalue weighted by Gasteiger charge is 2.29. The Bertz CT molecular complexity index is 786. The molecule has 1 saturated carbocycles. The van der Waals surface area contributed by atoms with Gasteiger partial charge in [-0.2, -0.15) is 0 Å². The first-order valence-electron chi connectivity index (χ1n) is 9.18. The molecule has 1 N–H and O–H groups in total. The standard InChI is InChI=1S/C20H28N2O3/c1-5-25-20(24)17-13(2)22(14-9-7-6-8-10-14)15-11-12-16(23)19(18(15)17)21(3)4/h11-12,14,23H,5-10H2,1-4H3. The van der Waals surface area contributed by atoms with Gasteiger partial charge in [-0.1, -0.05) is 19.3 Å². The molecule has 0 radical (unpaired) electrons. The maximum atomic E-state index is 12.7. The van der Waals surface area contributed by atoms with Gasteiger partial charge in [0, 0.05) is 31.2 Å². The second kappa shape index (κ2) is 6.98. The zero-order valence-electron chi connectivity index (χ0n) is 15.6. The zero-order chi connectivity index (χ0) is 18.1. The summed E-state index contributed by atoms with van der Waals surface area (Å²) in [6.45, 7) is 4.15. The maximum Gasteiger partial charge on any atom is 0.340 e. The van der Waals surface area contributed by atoms with Crippen molar-refractivity contribution in [1.29, 1.82) is 0 Å². The van der Waals surface area contributed by atoms with E-state index in [1.165, 1.54) is 19.3 Å². The van der Waals surface area contributed by atoms with E-state index in [-0.39, 0.29) is 11.7 Å². The SMILES string of the molecule is CCOC(=O)c1c(C)n(C2CCCCC2)c2ccc(O)c(N(C)C)c12. The molecule has 0 unspecified atom stereocenters. The van der Waals surface area contributed by atoms with E-state index in [1.807, 2.05) is 38.9 Å². The smallest absolute Gasteiger partial charge is 0.340 e. The number of phenols is 1. The Hall–Kier alpha value is -2.17. The molecule has 1 aromatic carbocycles. The third-order valence-corrected chi connectivity index (χ3v) is 5.23.